The molecule has 1 saturated heterocycles. The molecule has 1 amide bonds. The van der Waals surface area contributed by atoms with Crippen LogP contribution in [0.4, 0.5) is 0 Å². The first-order valence-corrected chi connectivity index (χ1v) is 9.86. The average Bonchev–Trinajstić information content (AvgIpc) is 2.66. The topological polar surface area (TPSA) is 32.3 Å². The molecule has 26 heavy (non-hydrogen) atoms. The molecule has 2 aromatic rings. The summed E-state index contributed by atoms with van der Waals surface area (Å²) in [5.74, 6) is 0.177. The molecule has 3 rings (SSSR count). The van der Waals surface area contributed by atoms with Gasteiger partial charge in [-0.2, -0.15) is 0 Å². The van der Waals surface area contributed by atoms with Crippen LogP contribution in [0.25, 0.3) is 0 Å². The Morgan fingerprint density at radius 1 is 1.08 bits per heavy atom. The van der Waals surface area contributed by atoms with Crippen molar-refractivity contribution >= 4 is 29.1 Å². The van der Waals surface area contributed by atoms with Crippen LogP contribution < -0.4 is 5.32 Å². The van der Waals surface area contributed by atoms with E-state index in [2.05, 4.69) is 22.3 Å². The van der Waals surface area contributed by atoms with Gasteiger partial charge in [0.05, 0.1) is 5.92 Å². The van der Waals surface area contributed by atoms with E-state index < -0.39 is 0 Å². The number of rotatable bonds is 6. The van der Waals surface area contributed by atoms with Gasteiger partial charge < -0.3 is 5.32 Å². The smallest absolute Gasteiger partial charge is 0.224 e. The van der Waals surface area contributed by atoms with Gasteiger partial charge >= 0.3 is 0 Å². The normalized spacial score (nSPS) is 17.8. The van der Waals surface area contributed by atoms with Gasteiger partial charge in [0, 0.05) is 35.2 Å². The second-order valence-corrected chi connectivity index (χ2v) is 7.62. The predicted molar refractivity (Wildman–Crippen MR) is 108 cm³/mol. The molecule has 1 fully saturated rings. The molecule has 0 unspecified atom stereocenters. The summed E-state index contributed by atoms with van der Waals surface area (Å²) in [4.78, 5) is 14.8. The van der Waals surface area contributed by atoms with E-state index in [-0.39, 0.29) is 11.8 Å². The van der Waals surface area contributed by atoms with Crippen molar-refractivity contribution in [1.29, 1.82) is 0 Å². The molecule has 0 bridgehead atoms. The van der Waals surface area contributed by atoms with Gasteiger partial charge in [-0.1, -0.05) is 59.6 Å². The third kappa shape index (κ3) is 5.23. The molecule has 0 saturated carbocycles. The molecule has 0 aromatic heterocycles. The number of amides is 1. The summed E-state index contributed by atoms with van der Waals surface area (Å²) in [5, 5.41) is 4.46. The lowest BCUT2D eigenvalue weighted by Gasteiger charge is -2.32. The summed E-state index contributed by atoms with van der Waals surface area (Å²) in [6.45, 7) is 3.08. The summed E-state index contributed by atoms with van der Waals surface area (Å²) >= 11 is 12.6. The van der Waals surface area contributed by atoms with Gasteiger partial charge in [0.1, 0.15) is 0 Å². The maximum atomic E-state index is 12.5. The highest BCUT2D eigenvalue weighted by atomic mass is 35.5. The van der Waals surface area contributed by atoms with Crippen LogP contribution in [0.5, 0.6) is 0 Å². The van der Waals surface area contributed by atoms with Crippen molar-refractivity contribution < 1.29 is 4.79 Å². The molecule has 0 aliphatic carbocycles. The van der Waals surface area contributed by atoms with Gasteiger partial charge in [-0.15, -0.1) is 0 Å². The molecule has 1 heterocycles. The van der Waals surface area contributed by atoms with Gasteiger partial charge in [0.15, 0.2) is 0 Å². The van der Waals surface area contributed by atoms with E-state index in [0.29, 0.717) is 23.1 Å². The van der Waals surface area contributed by atoms with Crippen molar-refractivity contribution in [3.05, 3.63) is 69.7 Å². The van der Waals surface area contributed by atoms with E-state index in [1.165, 1.54) is 5.56 Å². The van der Waals surface area contributed by atoms with E-state index >= 15 is 0 Å². The fourth-order valence-corrected chi connectivity index (χ4v) is 3.96. The minimum atomic E-state index is 0.0285. The van der Waals surface area contributed by atoms with E-state index in [1.54, 1.807) is 0 Å². The van der Waals surface area contributed by atoms with Gasteiger partial charge in [0.2, 0.25) is 5.91 Å². The molecule has 3 nitrogen and oxygen atoms in total. The zero-order valence-electron chi connectivity index (χ0n) is 14.8. The standard InChI is InChI=1S/C21H24Cl2N2O/c22-19-9-4-10-20(23)18(19)15-25-13-5-8-17(14-25)21(26)24-12-11-16-6-2-1-3-7-16/h1-4,6-7,9-10,17H,5,8,11-15H2,(H,24,26)/t17-/m0/s1. The Hall–Kier alpha value is -1.55. The Balaban J connectivity index is 1.50. The SMILES string of the molecule is O=C(NCCc1ccccc1)[C@H]1CCCN(Cc2c(Cl)cccc2Cl)C1. The molecule has 1 N–H and O–H groups in total. The van der Waals surface area contributed by atoms with Crippen molar-refractivity contribution in [3.63, 3.8) is 0 Å². The number of halogens is 2. The first-order chi connectivity index (χ1) is 12.6. The number of nitrogens with one attached hydrogen (secondary N) is 1. The second kappa shape index (κ2) is 9.40. The molecule has 1 aliphatic heterocycles. The summed E-state index contributed by atoms with van der Waals surface area (Å²) < 4.78 is 0. The fraction of sp³-hybridized carbons (Fsp3) is 0.381. The Morgan fingerprint density at radius 3 is 2.54 bits per heavy atom. The number of carbonyl (C=O) groups is 1. The van der Waals surface area contributed by atoms with Crippen LogP contribution in [0.2, 0.25) is 10.0 Å². The van der Waals surface area contributed by atoms with Crippen molar-refractivity contribution in [2.75, 3.05) is 19.6 Å². The molecule has 1 aliphatic rings. The lowest BCUT2D eigenvalue weighted by Crippen LogP contribution is -2.43. The Bertz CT molecular complexity index is 716. The number of likely N-dealkylation sites (tertiary alicyclic amines) is 1. The van der Waals surface area contributed by atoms with Crippen LogP contribution in [0.15, 0.2) is 48.5 Å². The molecule has 5 heteroatoms. The lowest BCUT2D eigenvalue weighted by molar-refractivity contribution is -0.126. The quantitative estimate of drug-likeness (QED) is 0.783. The highest BCUT2D eigenvalue weighted by Crippen LogP contribution is 2.27. The number of hydrogen-bond acceptors (Lipinski definition) is 2. The maximum absolute atomic E-state index is 12.5. The second-order valence-electron chi connectivity index (χ2n) is 6.80. The highest BCUT2D eigenvalue weighted by molar-refractivity contribution is 6.35. The van der Waals surface area contributed by atoms with Crippen LogP contribution in [-0.4, -0.2) is 30.4 Å². The van der Waals surface area contributed by atoms with E-state index in [1.807, 2.05) is 36.4 Å². The van der Waals surface area contributed by atoms with Gasteiger partial charge in [0.25, 0.3) is 0 Å². The third-order valence-corrected chi connectivity index (χ3v) is 5.58. The number of carbonyl (C=O) groups excluding carboxylic acids is 1. The average molecular weight is 391 g/mol. The number of nitrogens with zero attached hydrogens (tertiary/aromatic N) is 1. The predicted octanol–water partition coefficient (Wildman–Crippen LogP) is 4.56. The van der Waals surface area contributed by atoms with Crippen LogP contribution in [-0.2, 0) is 17.8 Å². The summed E-state index contributed by atoms with van der Waals surface area (Å²) in [5.41, 5.74) is 2.19. The van der Waals surface area contributed by atoms with E-state index in [9.17, 15) is 4.79 Å². The molecule has 0 radical (unpaired) electrons. The van der Waals surface area contributed by atoms with Gasteiger partial charge in [-0.3, -0.25) is 9.69 Å². The van der Waals surface area contributed by atoms with Crippen molar-refractivity contribution in [1.82, 2.24) is 10.2 Å². The summed E-state index contributed by atoms with van der Waals surface area (Å²) in [7, 11) is 0. The maximum Gasteiger partial charge on any atom is 0.224 e. The Morgan fingerprint density at radius 2 is 1.81 bits per heavy atom. The zero-order valence-corrected chi connectivity index (χ0v) is 16.3. The monoisotopic (exact) mass is 390 g/mol. The molecule has 2 aromatic carbocycles. The molecular weight excluding hydrogens is 367 g/mol. The number of benzene rings is 2. The van der Waals surface area contributed by atoms with Crippen LogP contribution >= 0.6 is 23.2 Å². The zero-order chi connectivity index (χ0) is 18.4. The van der Waals surface area contributed by atoms with Crippen LogP contribution in [0.3, 0.4) is 0 Å². The van der Waals surface area contributed by atoms with E-state index in [4.69, 9.17) is 23.2 Å². The number of piperidine rings is 1. The van der Waals surface area contributed by atoms with Crippen LogP contribution in [0.1, 0.15) is 24.0 Å². The van der Waals surface area contributed by atoms with Crippen LogP contribution in [0, 0.1) is 5.92 Å². The lowest BCUT2D eigenvalue weighted by atomic mass is 9.96. The molecular formula is C21H24Cl2N2O. The van der Waals surface area contributed by atoms with Gasteiger partial charge in [-0.25, -0.2) is 0 Å². The minimum absolute atomic E-state index is 0.0285. The fourth-order valence-electron chi connectivity index (χ4n) is 3.44. The molecule has 1 atom stereocenters. The first kappa shape index (κ1) is 19.2. The number of hydrogen-bond donors (Lipinski definition) is 1. The van der Waals surface area contributed by atoms with Crippen molar-refractivity contribution in [2.24, 2.45) is 5.92 Å². The molecule has 0 spiro atoms. The third-order valence-electron chi connectivity index (χ3n) is 4.88. The Kier molecular flexibility index (Phi) is 6.95. The summed E-state index contributed by atoms with van der Waals surface area (Å²) in [6.07, 6.45) is 2.81. The van der Waals surface area contributed by atoms with Crippen molar-refractivity contribution in [3.8, 4) is 0 Å². The summed E-state index contributed by atoms with van der Waals surface area (Å²) in [6, 6.07) is 15.8. The highest BCUT2D eigenvalue weighted by Gasteiger charge is 2.26. The van der Waals surface area contributed by atoms with Gasteiger partial charge in [-0.05, 0) is 43.5 Å². The largest absolute Gasteiger partial charge is 0.355 e. The molecule has 138 valence electrons. The van der Waals surface area contributed by atoms with Crippen molar-refractivity contribution in [2.45, 2.75) is 25.8 Å². The van der Waals surface area contributed by atoms with E-state index in [0.717, 1.165) is 37.9 Å². The Labute approximate surface area is 165 Å². The minimum Gasteiger partial charge on any atom is -0.355 e. The first-order valence-electron chi connectivity index (χ1n) is 9.10.